The third kappa shape index (κ3) is 9.49. The summed E-state index contributed by atoms with van der Waals surface area (Å²) in [4.78, 5) is 0. The van der Waals surface area contributed by atoms with E-state index in [1.54, 1.807) is 0 Å². The molecule has 0 aromatic carbocycles. The van der Waals surface area contributed by atoms with Crippen molar-refractivity contribution < 1.29 is 23.0 Å². The molecule has 0 amide bonds. The molecule has 0 radical (unpaired) electrons. The number of rotatable bonds is 10. The smallest absolute Gasteiger partial charge is 0.214 e. The van der Waals surface area contributed by atoms with Gasteiger partial charge in [-0.3, -0.25) is 0 Å². The molecule has 0 aromatic rings. The molecule has 7 heteroatoms. The van der Waals surface area contributed by atoms with E-state index in [9.17, 15) is 8.42 Å². The normalized spacial score (nSPS) is 14.2. The molecule has 0 aromatic heterocycles. The molecule has 0 spiro atoms. The van der Waals surface area contributed by atoms with Crippen molar-refractivity contribution in [1.82, 2.24) is 4.72 Å². The first-order valence-corrected chi connectivity index (χ1v) is 7.28. The Labute approximate surface area is 103 Å². The summed E-state index contributed by atoms with van der Waals surface area (Å²) in [5, 5.41) is 9.02. The van der Waals surface area contributed by atoms with Crippen LogP contribution in [-0.2, 0) is 19.5 Å². The van der Waals surface area contributed by atoms with E-state index >= 15 is 0 Å². The minimum absolute atomic E-state index is 0.00679. The summed E-state index contributed by atoms with van der Waals surface area (Å²) in [6.07, 6.45) is 0.449. The van der Waals surface area contributed by atoms with Crippen molar-refractivity contribution >= 4 is 10.0 Å². The molecule has 6 nitrogen and oxygen atoms in total. The summed E-state index contributed by atoms with van der Waals surface area (Å²) >= 11 is 0. The highest BCUT2D eigenvalue weighted by molar-refractivity contribution is 7.89. The predicted molar refractivity (Wildman–Crippen MR) is 65.4 cm³/mol. The van der Waals surface area contributed by atoms with Crippen LogP contribution in [0.2, 0.25) is 0 Å². The highest BCUT2D eigenvalue weighted by Crippen LogP contribution is 1.97. The second kappa shape index (κ2) is 8.82. The van der Waals surface area contributed by atoms with Gasteiger partial charge in [0.15, 0.2) is 0 Å². The number of ether oxygens (including phenoxy) is 2. The quantitative estimate of drug-likeness (QED) is 0.570. The van der Waals surface area contributed by atoms with Crippen molar-refractivity contribution in [1.29, 1.82) is 0 Å². The fourth-order valence-corrected chi connectivity index (χ4v) is 2.29. The molecule has 17 heavy (non-hydrogen) atoms. The zero-order valence-electron chi connectivity index (χ0n) is 10.7. The molecule has 0 aliphatic heterocycles. The highest BCUT2D eigenvalue weighted by Gasteiger charge is 2.17. The Morgan fingerprint density at radius 1 is 1.29 bits per heavy atom. The lowest BCUT2D eigenvalue weighted by Crippen LogP contribution is -2.40. The number of hydrogen-bond acceptors (Lipinski definition) is 5. The van der Waals surface area contributed by atoms with Gasteiger partial charge in [0, 0.05) is 19.8 Å². The van der Waals surface area contributed by atoms with Gasteiger partial charge in [0.05, 0.1) is 25.1 Å². The Morgan fingerprint density at radius 2 is 1.94 bits per heavy atom. The van der Waals surface area contributed by atoms with Crippen molar-refractivity contribution in [2.75, 3.05) is 32.7 Å². The van der Waals surface area contributed by atoms with Crippen LogP contribution in [-0.4, -0.2) is 58.4 Å². The van der Waals surface area contributed by atoms with Gasteiger partial charge in [0.25, 0.3) is 0 Å². The highest BCUT2D eigenvalue weighted by atomic mass is 32.2. The molecule has 1 unspecified atom stereocenters. The van der Waals surface area contributed by atoms with Crippen molar-refractivity contribution in [2.45, 2.75) is 32.4 Å². The molecule has 1 atom stereocenters. The van der Waals surface area contributed by atoms with Crippen LogP contribution in [0.3, 0.4) is 0 Å². The average Bonchev–Trinajstić information content (AvgIpc) is 2.23. The maximum Gasteiger partial charge on any atom is 0.214 e. The zero-order chi connectivity index (χ0) is 13.3. The fraction of sp³-hybridized carbons (Fsp3) is 1.00. The van der Waals surface area contributed by atoms with Gasteiger partial charge in [-0.25, -0.2) is 13.1 Å². The number of aliphatic hydroxyl groups excluding tert-OH is 1. The van der Waals surface area contributed by atoms with Gasteiger partial charge in [-0.15, -0.1) is 0 Å². The standard InChI is InChI=1S/C10H23NO5S/c1-9(2)16-6-7-17(13,14)11-10(8-12)4-5-15-3/h9-12H,4-8H2,1-3H3. The Kier molecular flexibility index (Phi) is 8.71. The lowest BCUT2D eigenvalue weighted by molar-refractivity contribution is 0.0910. The van der Waals surface area contributed by atoms with Crippen LogP contribution in [0, 0.1) is 0 Å². The minimum atomic E-state index is -3.41. The van der Waals surface area contributed by atoms with Gasteiger partial charge in [-0.05, 0) is 20.3 Å². The summed E-state index contributed by atoms with van der Waals surface area (Å²) in [6, 6.07) is -0.501. The number of sulfonamides is 1. The summed E-state index contributed by atoms with van der Waals surface area (Å²) in [5.74, 6) is -0.103. The predicted octanol–water partition coefficient (Wildman–Crippen LogP) is -0.272. The summed E-state index contributed by atoms with van der Waals surface area (Å²) < 4.78 is 35.6. The van der Waals surface area contributed by atoms with Crippen LogP contribution in [0.4, 0.5) is 0 Å². The van der Waals surface area contributed by atoms with E-state index in [0.29, 0.717) is 13.0 Å². The van der Waals surface area contributed by atoms with E-state index in [0.717, 1.165) is 0 Å². The number of hydrogen-bond donors (Lipinski definition) is 2. The summed E-state index contributed by atoms with van der Waals surface area (Å²) in [7, 11) is -1.88. The van der Waals surface area contributed by atoms with Crippen molar-refractivity contribution in [3.8, 4) is 0 Å². The molecule has 0 fully saturated rings. The zero-order valence-corrected chi connectivity index (χ0v) is 11.5. The number of aliphatic hydroxyl groups is 1. The number of nitrogens with one attached hydrogen (secondary N) is 1. The van der Waals surface area contributed by atoms with E-state index in [4.69, 9.17) is 14.6 Å². The molecule has 0 saturated carbocycles. The van der Waals surface area contributed by atoms with Gasteiger partial charge in [0.2, 0.25) is 10.0 Å². The third-order valence-electron chi connectivity index (χ3n) is 2.04. The van der Waals surface area contributed by atoms with Crippen LogP contribution >= 0.6 is 0 Å². The Balaban J connectivity index is 4.03. The first-order valence-electron chi connectivity index (χ1n) is 5.62. The van der Waals surface area contributed by atoms with Gasteiger partial charge in [-0.1, -0.05) is 0 Å². The number of methoxy groups -OCH3 is 1. The van der Waals surface area contributed by atoms with Gasteiger partial charge < -0.3 is 14.6 Å². The van der Waals surface area contributed by atoms with E-state index < -0.39 is 16.1 Å². The maximum atomic E-state index is 11.6. The summed E-state index contributed by atoms with van der Waals surface area (Å²) in [5.41, 5.74) is 0. The van der Waals surface area contributed by atoms with E-state index in [-0.39, 0.29) is 25.1 Å². The molecule has 0 rings (SSSR count). The van der Waals surface area contributed by atoms with Gasteiger partial charge >= 0.3 is 0 Å². The third-order valence-corrected chi connectivity index (χ3v) is 3.44. The van der Waals surface area contributed by atoms with Crippen LogP contribution in [0.25, 0.3) is 0 Å². The molecule has 0 saturated heterocycles. The largest absolute Gasteiger partial charge is 0.395 e. The Morgan fingerprint density at radius 3 is 2.41 bits per heavy atom. The Hall–Kier alpha value is -0.210. The van der Waals surface area contributed by atoms with Crippen molar-refractivity contribution in [3.63, 3.8) is 0 Å². The monoisotopic (exact) mass is 269 g/mol. The molecule has 0 bridgehead atoms. The molecule has 0 heterocycles. The first-order chi connectivity index (χ1) is 7.91. The second-order valence-corrected chi connectivity index (χ2v) is 5.89. The topological polar surface area (TPSA) is 84.9 Å². The van der Waals surface area contributed by atoms with Crippen LogP contribution < -0.4 is 4.72 Å². The van der Waals surface area contributed by atoms with Crippen LogP contribution in [0.1, 0.15) is 20.3 Å². The Bertz CT molecular complexity index is 278. The SMILES string of the molecule is COCCC(CO)NS(=O)(=O)CCOC(C)C. The molecule has 0 aliphatic rings. The lowest BCUT2D eigenvalue weighted by atomic mass is 10.2. The molecule has 2 N–H and O–H groups in total. The lowest BCUT2D eigenvalue weighted by Gasteiger charge is -2.16. The van der Waals surface area contributed by atoms with Crippen molar-refractivity contribution in [2.24, 2.45) is 0 Å². The van der Waals surface area contributed by atoms with Crippen LogP contribution in [0.5, 0.6) is 0 Å². The molecule has 0 aliphatic carbocycles. The van der Waals surface area contributed by atoms with E-state index in [2.05, 4.69) is 4.72 Å². The first kappa shape index (κ1) is 16.8. The average molecular weight is 269 g/mol. The minimum Gasteiger partial charge on any atom is -0.395 e. The van der Waals surface area contributed by atoms with Gasteiger partial charge in [0.1, 0.15) is 0 Å². The van der Waals surface area contributed by atoms with E-state index in [1.807, 2.05) is 13.8 Å². The molecular formula is C10H23NO5S. The second-order valence-electron chi connectivity index (χ2n) is 4.02. The van der Waals surface area contributed by atoms with E-state index in [1.165, 1.54) is 7.11 Å². The molecular weight excluding hydrogens is 246 g/mol. The van der Waals surface area contributed by atoms with Crippen molar-refractivity contribution in [3.05, 3.63) is 0 Å². The summed E-state index contributed by atoms with van der Waals surface area (Å²) in [6.45, 7) is 3.99. The molecule has 104 valence electrons. The maximum absolute atomic E-state index is 11.6. The fourth-order valence-electron chi connectivity index (χ4n) is 1.15. The van der Waals surface area contributed by atoms with Crippen LogP contribution in [0.15, 0.2) is 0 Å². The van der Waals surface area contributed by atoms with Gasteiger partial charge in [-0.2, -0.15) is 0 Å².